The fourth-order valence-electron chi connectivity index (χ4n) is 2.28. The molecular weight excluding hydrogens is 188 g/mol. The number of rotatable bonds is 0. The number of carbonyl (C=O) groups is 1. The van der Waals surface area contributed by atoms with Crippen molar-refractivity contribution in [2.45, 2.75) is 26.3 Å². The molecule has 0 radical (unpaired) electrons. The molecule has 1 atom stereocenters. The minimum absolute atomic E-state index is 0.101. The van der Waals surface area contributed by atoms with Gasteiger partial charge in [-0.1, -0.05) is 12.1 Å². The SMILES string of the molecule is Cc1ccc(C)c2c1C(N)CC(=O)N2C. The molecule has 1 unspecified atom stereocenters. The number of amides is 1. The van der Waals surface area contributed by atoms with Gasteiger partial charge >= 0.3 is 0 Å². The van der Waals surface area contributed by atoms with Crippen molar-refractivity contribution in [2.75, 3.05) is 11.9 Å². The number of benzene rings is 1. The van der Waals surface area contributed by atoms with Crippen LogP contribution in [0.4, 0.5) is 5.69 Å². The van der Waals surface area contributed by atoms with Crippen LogP contribution in [-0.4, -0.2) is 13.0 Å². The monoisotopic (exact) mass is 204 g/mol. The molecule has 1 heterocycles. The van der Waals surface area contributed by atoms with Crippen molar-refractivity contribution in [3.63, 3.8) is 0 Å². The normalized spacial score (nSPS) is 20.4. The van der Waals surface area contributed by atoms with Gasteiger partial charge in [0.2, 0.25) is 5.91 Å². The van der Waals surface area contributed by atoms with Crippen LogP contribution in [0.2, 0.25) is 0 Å². The van der Waals surface area contributed by atoms with Crippen molar-refractivity contribution in [1.82, 2.24) is 0 Å². The Labute approximate surface area is 89.9 Å². The van der Waals surface area contributed by atoms with Crippen LogP contribution in [0.25, 0.3) is 0 Å². The Hall–Kier alpha value is -1.35. The van der Waals surface area contributed by atoms with Crippen molar-refractivity contribution < 1.29 is 4.79 Å². The maximum Gasteiger partial charge on any atom is 0.228 e. The molecule has 2 rings (SSSR count). The third-order valence-electron chi connectivity index (χ3n) is 3.11. The van der Waals surface area contributed by atoms with Gasteiger partial charge in [0.25, 0.3) is 0 Å². The highest BCUT2D eigenvalue weighted by Crippen LogP contribution is 2.36. The van der Waals surface area contributed by atoms with E-state index in [1.807, 2.05) is 27.0 Å². The van der Waals surface area contributed by atoms with Gasteiger partial charge in [0.15, 0.2) is 0 Å². The van der Waals surface area contributed by atoms with Crippen molar-refractivity contribution in [1.29, 1.82) is 0 Å². The maximum atomic E-state index is 11.7. The minimum atomic E-state index is -0.149. The minimum Gasteiger partial charge on any atom is -0.323 e. The van der Waals surface area contributed by atoms with E-state index in [-0.39, 0.29) is 11.9 Å². The highest BCUT2D eigenvalue weighted by molar-refractivity contribution is 5.97. The summed E-state index contributed by atoms with van der Waals surface area (Å²) < 4.78 is 0. The van der Waals surface area contributed by atoms with E-state index in [1.165, 1.54) is 5.56 Å². The van der Waals surface area contributed by atoms with Crippen LogP contribution in [0.5, 0.6) is 0 Å². The smallest absolute Gasteiger partial charge is 0.228 e. The van der Waals surface area contributed by atoms with E-state index < -0.39 is 0 Å². The molecule has 0 aromatic heterocycles. The van der Waals surface area contributed by atoms with Gasteiger partial charge < -0.3 is 10.6 Å². The van der Waals surface area contributed by atoms with E-state index >= 15 is 0 Å². The zero-order valence-corrected chi connectivity index (χ0v) is 9.37. The first kappa shape index (κ1) is 10.2. The summed E-state index contributed by atoms with van der Waals surface area (Å²) in [4.78, 5) is 13.4. The number of fused-ring (bicyclic) bond motifs is 1. The van der Waals surface area contributed by atoms with E-state index in [4.69, 9.17) is 5.73 Å². The van der Waals surface area contributed by atoms with Crippen LogP contribution < -0.4 is 10.6 Å². The fourth-order valence-corrected chi connectivity index (χ4v) is 2.28. The molecule has 1 aromatic rings. The first-order chi connectivity index (χ1) is 7.02. The third-order valence-corrected chi connectivity index (χ3v) is 3.11. The second kappa shape index (κ2) is 3.35. The van der Waals surface area contributed by atoms with Gasteiger partial charge in [-0.25, -0.2) is 0 Å². The number of carbonyl (C=O) groups excluding carboxylic acids is 1. The number of anilines is 1. The Balaban J connectivity index is 2.69. The molecule has 1 amide bonds. The first-order valence-electron chi connectivity index (χ1n) is 5.14. The topological polar surface area (TPSA) is 46.3 Å². The number of hydrogen-bond donors (Lipinski definition) is 1. The van der Waals surface area contributed by atoms with E-state index in [9.17, 15) is 4.79 Å². The summed E-state index contributed by atoms with van der Waals surface area (Å²) in [6.45, 7) is 4.06. The fraction of sp³-hybridized carbons (Fsp3) is 0.417. The average molecular weight is 204 g/mol. The standard InChI is InChI=1S/C12H16N2O/c1-7-4-5-8(2)12-11(7)9(13)6-10(15)14(12)3/h4-5,9H,6,13H2,1-3H3. The van der Waals surface area contributed by atoms with Crippen LogP contribution in [0.15, 0.2) is 12.1 Å². The highest BCUT2D eigenvalue weighted by Gasteiger charge is 2.29. The van der Waals surface area contributed by atoms with E-state index in [0.29, 0.717) is 6.42 Å². The summed E-state index contributed by atoms with van der Waals surface area (Å²) in [7, 11) is 1.82. The molecule has 0 aliphatic carbocycles. The van der Waals surface area contributed by atoms with Crippen LogP contribution in [0.1, 0.15) is 29.2 Å². The van der Waals surface area contributed by atoms with Crippen molar-refractivity contribution >= 4 is 11.6 Å². The molecule has 80 valence electrons. The third kappa shape index (κ3) is 1.43. The van der Waals surface area contributed by atoms with Gasteiger partial charge in [-0.05, 0) is 30.5 Å². The lowest BCUT2D eigenvalue weighted by atomic mass is 9.90. The van der Waals surface area contributed by atoms with Crippen LogP contribution in [-0.2, 0) is 4.79 Å². The second-order valence-corrected chi connectivity index (χ2v) is 4.23. The second-order valence-electron chi connectivity index (χ2n) is 4.23. The lowest BCUT2D eigenvalue weighted by Crippen LogP contribution is -2.36. The molecule has 0 bridgehead atoms. The highest BCUT2D eigenvalue weighted by atomic mass is 16.2. The molecule has 1 aromatic carbocycles. The van der Waals surface area contributed by atoms with Gasteiger partial charge in [0.1, 0.15) is 0 Å². The predicted molar refractivity (Wildman–Crippen MR) is 60.9 cm³/mol. The molecule has 1 aliphatic heterocycles. The molecular formula is C12H16N2O. The molecule has 0 saturated heterocycles. The van der Waals surface area contributed by atoms with E-state index in [2.05, 4.69) is 6.07 Å². The Kier molecular flexibility index (Phi) is 2.27. The number of hydrogen-bond acceptors (Lipinski definition) is 2. The summed E-state index contributed by atoms with van der Waals surface area (Å²) in [5, 5.41) is 0. The summed E-state index contributed by atoms with van der Waals surface area (Å²) in [5.41, 5.74) is 10.4. The molecule has 3 heteroatoms. The molecule has 0 saturated carbocycles. The summed E-state index contributed by atoms with van der Waals surface area (Å²) in [6, 6.07) is 3.96. The number of nitrogens with zero attached hydrogens (tertiary/aromatic N) is 1. The molecule has 1 aliphatic rings. The van der Waals surface area contributed by atoms with Crippen molar-refractivity contribution in [2.24, 2.45) is 5.73 Å². The molecule has 2 N–H and O–H groups in total. The Morgan fingerprint density at radius 3 is 2.60 bits per heavy atom. The lowest BCUT2D eigenvalue weighted by Gasteiger charge is -2.32. The van der Waals surface area contributed by atoms with Crippen molar-refractivity contribution in [3.8, 4) is 0 Å². The van der Waals surface area contributed by atoms with Gasteiger partial charge in [0, 0.05) is 19.5 Å². The molecule has 3 nitrogen and oxygen atoms in total. The van der Waals surface area contributed by atoms with Crippen LogP contribution in [0, 0.1) is 13.8 Å². The van der Waals surface area contributed by atoms with Gasteiger partial charge in [-0.15, -0.1) is 0 Å². The summed E-state index contributed by atoms with van der Waals surface area (Å²) >= 11 is 0. The molecule has 0 spiro atoms. The zero-order chi connectivity index (χ0) is 11.2. The van der Waals surface area contributed by atoms with Gasteiger partial charge in [-0.3, -0.25) is 4.79 Å². The average Bonchev–Trinajstić information content (AvgIpc) is 2.18. The largest absolute Gasteiger partial charge is 0.323 e. The van der Waals surface area contributed by atoms with E-state index in [0.717, 1.165) is 16.8 Å². The van der Waals surface area contributed by atoms with E-state index in [1.54, 1.807) is 4.90 Å². The zero-order valence-electron chi connectivity index (χ0n) is 9.37. The van der Waals surface area contributed by atoms with Crippen molar-refractivity contribution in [3.05, 3.63) is 28.8 Å². The quantitative estimate of drug-likeness (QED) is 0.698. The van der Waals surface area contributed by atoms with Gasteiger partial charge in [-0.2, -0.15) is 0 Å². The van der Waals surface area contributed by atoms with Crippen LogP contribution in [0.3, 0.4) is 0 Å². The molecule has 15 heavy (non-hydrogen) atoms. The first-order valence-corrected chi connectivity index (χ1v) is 5.14. The number of aryl methyl sites for hydroxylation is 2. The summed E-state index contributed by atoms with van der Waals surface area (Å²) in [6.07, 6.45) is 0.411. The maximum absolute atomic E-state index is 11.7. The van der Waals surface area contributed by atoms with Gasteiger partial charge in [0.05, 0.1) is 5.69 Å². The Morgan fingerprint density at radius 2 is 1.93 bits per heavy atom. The Morgan fingerprint density at radius 1 is 1.33 bits per heavy atom. The predicted octanol–water partition coefficient (Wildman–Crippen LogP) is 1.67. The summed E-state index contributed by atoms with van der Waals surface area (Å²) in [5.74, 6) is 0.101. The van der Waals surface area contributed by atoms with Crippen LogP contribution >= 0.6 is 0 Å². The Bertz CT molecular complexity index is 426. The number of nitrogens with two attached hydrogens (primary N) is 1. The molecule has 0 fully saturated rings. The lowest BCUT2D eigenvalue weighted by molar-refractivity contribution is -0.119.